The Morgan fingerprint density at radius 1 is 1.03 bits per heavy atom. The van der Waals surface area contributed by atoms with E-state index in [-0.39, 0.29) is 18.6 Å². The quantitative estimate of drug-likeness (QED) is 0.526. The highest BCUT2D eigenvalue weighted by molar-refractivity contribution is 5.79. The van der Waals surface area contributed by atoms with Gasteiger partial charge in [-0.15, -0.1) is 0 Å². The summed E-state index contributed by atoms with van der Waals surface area (Å²) in [6.07, 6.45) is 0.353. The maximum Gasteiger partial charge on any atom is 0.407 e. The zero-order valence-corrected chi connectivity index (χ0v) is 16.9. The summed E-state index contributed by atoms with van der Waals surface area (Å²) in [5, 5.41) is 2.72. The molecule has 1 aliphatic carbocycles. The van der Waals surface area contributed by atoms with Gasteiger partial charge in [0.15, 0.2) is 0 Å². The van der Waals surface area contributed by atoms with Gasteiger partial charge in [-0.05, 0) is 48.9 Å². The van der Waals surface area contributed by atoms with Gasteiger partial charge in [0.05, 0.1) is 6.10 Å². The topological polar surface area (TPSA) is 90.6 Å². The summed E-state index contributed by atoms with van der Waals surface area (Å²) >= 11 is 0. The van der Waals surface area contributed by atoms with Crippen LogP contribution in [0.2, 0.25) is 0 Å². The van der Waals surface area contributed by atoms with E-state index in [1.165, 1.54) is 22.3 Å². The molecule has 0 aromatic heterocycles. The lowest BCUT2D eigenvalue weighted by molar-refractivity contribution is -0.149. The minimum absolute atomic E-state index is 0.0346. The Morgan fingerprint density at radius 3 is 2.21 bits per heavy atom. The zero-order valence-electron chi connectivity index (χ0n) is 16.9. The van der Waals surface area contributed by atoms with E-state index in [0.29, 0.717) is 19.4 Å². The number of ether oxygens (including phenoxy) is 2. The van der Waals surface area contributed by atoms with Crippen molar-refractivity contribution < 1.29 is 19.1 Å². The van der Waals surface area contributed by atoms with Crippen molar-refractivity contribution in [3.05, 3.63) is 59.7 Å². The standard InChI is InChI=1S/C23H28N2O4/c1-15(2)29-22(26)21(24)12-7-13-25-23(27)28-14-20-18-10-5-3-8-16(18)17-9-4-6-11-19(17)20/h3-6,8-11,15,20-21H,7,12-14,24H2,1-2H3,(H,25,27)/t21-/m0/s1. The molecule has 3 N–H and O–H groups in total. The summed E-state index contributed by atoms with van der Waals surface area (Å²) in [5.41, 5.74) is 10.5. The number of benzene rings is 2. The Labute approximate surface area is 171 Å². The van der Waals surface area contributed by atoms with Crippen molar-refractivity contribution in [3.63, 3.8) is 0 Å². The predicted molar refractivity (Wildman–Crippen MR) is 112 cm³/mol. The largest absolute Gasteiger partial charge is 0.462 e. The summed E-state index contributed by atoms with van der Waals surface area (Å²) < 4.78 is 10.5. The molecule has 6 heteroatoms. The fourth-order valence-corrected chi connectivity index (χ4v) is 3.60. The number of hydrogen-bond acceptors (Lipinski definition) is 5. The van der Waals surface area contributed by atoms with Crippen molar-refractivity contribution in [2.24, 2.45) is 5.73 Å². The van der Waals surface area contributed by atoms with Crippen LogP contribution in [0.1, 0.15) is 43.7 Å². The molecule has 0 aliphatic heterocycles. The highest BCUT2D eigenvalue weighted by atomic mass is 16.5. The Kier molecular flexibility index (Phi) is 6.88. The lowest BCUT2D eigenvalue weighted by Crippen LogP contribution is -2.35. The Bertz CT molecular complexity index is 820. The third kappa shape index (κ3) is 5.15. The summed E-state index contributed by atoms with van der Waals surface area (Å²) in [7, 11) is 0. The highest BCUT2D eigenvalue weighted by Gasteiger charge is 2.28. The van der Waals surface area contributed by atoms with Gasteiger partial charge in [0.1, 0.15) is 12.6 Å². The molecule has 6 nitrogen and oxygen atoms in total. The molecule has 3 rings (SSSR count). The molecule has 0 bridgehead atoms. The molecular formula is C23H28N2O4. The van der Waals surface area contributed by atoms with Crippen molar-refractivity contribution in [1.29, 1.82) is 0 Å². The molecule has 2 aromatic rings. The molecule has 1 amide bonds. The smallest absolute Gasteiger partial charge is 0.407 e. The number of alkyl carbamates (subject to hydrolysis) is 1. The second kappa shape index (κ2) is 9.56. The normalized spacial score (nSPS) is 13.5. The van der Waals surface area contributed by atoms with E-state index in [1.54, 1.807) is 13.8 Å². The molecule has 0 saturated heterocycles. The Balaban J connectivity index is 1.45. The first-order valence-corrected chi connectivity index (χ1v) is 10.0. The number of esters is 1. The Morgan fingerprint density at radius 2 is 1.62 bits per heavy atom. The lowest BCUT2D eigenvalue weighted by Gasteiger charge is -2.15. The van der Waals surface area contributed by atoms with E-state index < -0.39 is 18.1 Å². The van der Waals surface area contributed by atoms with Crippen LogP contribution in [-0.4, -0.2) is 37.4 Å². The van der Waals surface area contributed by atoms with Gasteiger partial charge in [0, 0.05) is 12.5 Å². The number of nitrogens with two attached hydrogens (primary N) is 1. The monoisotopic (exact) mass is 396 g/mol. The molecular weight excluding hydrogens is 368 g/mol. The van der Waals surface area contributed by atoms with Gasteiger partial charge < -0.3 is 20.5 Å². The van der Waals surface area contributed by atoms with Crippen molar-refractivity contribution in [3.8, 4) is 11.1 Å². The number of rotatable bonds is 8. The summed E-state index contributed by atoms with van der Waals surface area (Å²) in [6.45, 7) is 4.23. The van der Waals surface area contributed by atoms with E-state index >= 15 is 0 Å². The van der Waals surface area contributed by atoms with Gasteiger partial charge in [0.25, 0.3) is 0 Å². The number of hydrogen-bond donors (Lipinski definition) is 2. The number of amides is 1. The fraction of sp³-hybridized carbons (Fsp3) is 0.391. The highest BCUT2D eigenvalue weighted by Crippen LogP contribution is 2.44. The summed E-state index contributed by atoms with van der Waals surface area (Å²) in [6, 6.07) is 15.7. The Hall–Kier alpha value is -2.86. The van der Waals surface area contributed by atoms with Gasteiger partial charge >= 0.3 is 12.1 Å². The lowest BCUT2D eigenvalue weighted by atomic mass is 9.98. The van der Waals surface area contributed by atoms with Crippen LogP contribution in [0.15, 0.2) is 48.5 Å². The molecule has 1 aliphatic rings. The van der Waals surface area contributed by atoms with Gasteiger partial charge in [-0.25, -0.2) is 4.79 Å². The van der Waals surface area contributed by atoms with E-state index in [0.717, 1.165) is 0 Å². The van der Waals surface area contributed by atoms with Crippen LogP contribution in [0.3, 0.4) is 0 Å². The van der Waals surface area contributed by atoms with Gasteiger partial charge in [-0.1, -0.05) is 48.5 Å². The van der Waals surface area contributed by atoms with Crippen LogP contribution in [-0.2, 0) is 14.3 Å². The van der Waals surface area contributed by atoms with Crippen LogP contribution < -0.4 is 11.1 Å². The average Bonchev–Trinajstić information content (AvgIpc) is 3.03. The van der Waals surface area contributed by atoms with Crippen molar-refractivity contribution in [2.45, 2.75) is 44.8 Å². The average molecular weight is 396 g/mol. The number of nitrogens with one attached hydrogen (secondary N) is 1. The molecule has 2 aromatic carbocycles. The predicted octanol–water partition coefficient (Wildman–Crippen LogP) is 3.58. The first-order valence-electron chi connectivity index (χ1n) is 10.0. The van der Waals surface area contributed by atoms with Crippen LogP contribution in [0.25, 0.3) is 11.1 Å². The van der Waals surface area contributed by atoms with Crippen molar-refractivity contribution in [1.82, 2.24) is 5.32 Å². The van der Waals surface area contributed by atoms with Gasteiger partial charge in [-0.2, -0.15) is 0 Å². The minimum Gasteiger partial charge on any atom is -0.462 e. The number of fused-ring (bicyclic) bond motifs is 3. The minimum atomic E-state index is -0.679. The van der Waals surface area contributed by atoms with Gasteiger partial charge in [0.2, 0.25) is 0 Å². The summed E-state index contributed by atoms with van der Waals surface area (Å²) in [5.74, 6) is -0.381. The molecule has 0 radical (unpaired) electrons. The molecule has 0 saturated carbocycles. The van der Waals surface area contributed by atoms with Crippen molar-refractivity contribution in [2.75, 3.05) is 13.2 Å². The van der Waals surface area contributed by atoms with Crippen LogP contribution in [0.4, 0.5) is 4.79 Å². The second-order valence-electron chi connectivity index (χ2n) is 7.49. The first kappa shape index (κ1) is 20.9. The SMILES string of the molecule is CC(C)OC(=O)[C@@H](N)CCCNC(=O)OCC1c2ccccc2-c2ccccc21. The third-order valence-corrected chi connectivity index (χ3v) is 4.96. The van der Waals surface area contributed by atoms with Gasteiger partial charge in [-0.3, -0.25) is 4.79 Å². The molecule has 1 atom stereocenters. The van der Waals surface area contributed by atoms with Crippen LogP contribution in [0.5, 0.6) is 0 Å². The third-order valence-electron chi connectivity index (χ3n) is 4.96. The molecule has 154 valence electrons. The molecule has 0 fully saturated rings. The van der Waals surface area contributed by atoms with Crippen LogP contribution in [0, 0.1) is 0 Å². The molecule has 29 heavy (non-hydrogen) atoms. The first-order chi connectivity index (χ1) is 14.0. The molecule has 0 heterocycles. The number of carbonyl (C=O) groups excluding carboxylic acids is 2. The van der Waals surface area contributed by atoms with Crippen LogP contribution >= 0.6 is 0 Å². The second-order valence-corrected chi connectivity index (χ2v) is 7.49. The maximum absolute atomic E-state index is 12.1. The molecule has 0 unspecified atom stereocenters. The summed E-state index contributed by atoms with van der Waals surface area (Å²) in [4.78, 5) is 23.8. The van der Waals surface area contributed by atoms with E-state index in [1.807, 2.05) is 24.3 Å². The van der Waals surface area contributed by atoms with E-state index in [9.17, 15) is 9.59 Å². The van der Waals surface area contributed by atoms with Crippen molar-refractivity contribution >= 4 is 12.1 Å². The van der Waals surface area contributed by atoms with E-state index in [4.69, 9.17) is 15.2 Å². The van der Waals surface area contributed by atoms with E-state index in [2.05, 4.69) is 29.6 Å². The zero-order chi connectivity index (χ0) is 20.8. The molecule has 0 spiro atoms. The fourth-order valence-electron chi connectivity index (χ4n) is 3.60. The maximum atomic E-state index is 12.1. The number of carbonyl (C=O) groups is 2.